The Labute approximate surface area is 362 Å². The fraction of sp³-hybridized carbons (Fsp3) is 0.479. The Hall–Kier alpha value is -5.18. The lowest BCUT2D eigenvalue weighted by molar-refractivity contribution is -0.145. The first kappa shape index (κ1) is 47.5. The topological polar surface area (TPSA) is 115 Å². The van der Waals surface area contributed by atoms with Gasteiger partial charge in [-0.2, -0.15) is 15.2 Å². The number of nitriles is 1. The number of esters is 1. The van der Waals surface area contributed by atoms with Crippen molar-refractivity contribution < 1.29 is 19.1 Å². The van der Waals surface area contributed by atoms with Gasteiger partial charge in [0.05, 0.1) is 23.3 Å². The minimum atomic E-state index is -0.169. The summed E-state index contributed by atoms with van der Waals surface area (Å²) in [6.07, 6.45) is 6.63. The number of carbonyl (C=O) groups excluding carboxylic acids is 2. The molecule has 0 N–H and O–H groups in total. The lowest BCUT2D eigenvalue weighted by Gasteiger charge is -2.38. The maximum absolute atomic E-state index is 12.5. The summed E-state index contributed by atoms with van der Waals surface area (Å²) in [7, 11) is 0. The Morgan fingerprint density at radius 3 is 2.38 bits per heavy atom. The van der Waals surface area contributed by atoms with E-state index in [1.165, 1.54) is 19.4 Å². The van der Waals surface area contributed by atoms with Crippen LogP contribution in [0, 0.1) is 18.3 Å². The van der Waals surface area contributed by atoms with Gasteiger partial charge in [0.2, 0.25) is 5.91 Å². The van der Waals surface area contributed by atoms with Crippen molar-refractivity contribution in [3.8, 4) is 12.1 Å². The van der Waals surface area contributed by atoms with E-state index in [0.717, 1.165) is 95.0 Å². The number of hydrogen-bond acceptors (Lipinski definition) is 10. The van der Waals surface area contributed by atoms with Gasteiger partial charge in [0, 0.05) is 68.7 Å². The number of likely N-dealkylation sites (tertiary alicyclic amines) is 1. The highest BCUT2D eigenvalue weighted by Gasteiger charge is 2.30. The van der Waals surface area contributed by atoms with E-state index in [9.17, 15) is 9.59 Å². The van der Waals surface area contributed by atoms with E-state index in [-0.39, 0.29) is 17.9 Å². The summed E-state index contributed by atoms with van der Waals surface area (Å²) in [6.45, 7) is 21.9. The fourth-order valence-corrected chi connectivity index (χ4v) is 8.02. The van der Waals surface area contributed by atoms with Crippen LogP contribution in [0.3, 0.4) is 0 Å². The molecule has 3 aliphatic heterocycles. The summed E-state index contributed by atoms with van der Waals surface area (Å²) in [4.78, 5) is 43.7. The van der Waals surface area contributed by atoms with Gasteiger partial charge < -0.3 is 24.2 Å². The molecular weight excluding hydrogens is 774 g/mol. The number of aromatic nitrogens is 2. The summed E-state index contributed by atoms with van der Waals surface area (Å²) in [5, 5.41) is 10.2. The molecule has 11 nitrogen and oxygen atoms in total. The van der Waals surface area contributed by atoms with E-state index >= 15 is 0 Å². The molecule has 1 unspecified atom stereocenters. The van der Waals surface area contributed by atoms with Crippen molar-refractivity contribution >= 4 is 45.8 Å². The van der Waals surface area contributed by atoms with Gasteiger partial charge in [-0.3, -0.25) is 14.5 Å². The molecule has 322 valence electrons. The van der Waals surface area contributed by atoms with Crippen LogP contribution in [0.4, 0.5) is 11.5 Å². The third-order valence-corrected chi connectivity index (χ3v) is 10.8. The highest BCUT2D eigenvalue weighted by molar-refractivity contribution is 6.36. The third kappa shape index (κ3) is 13.2. The van der Waals surface area contributed by atoms with Crippen LogP contribution in [0.25, 0.3) is 10.8 Å². The van der Waals surface area contributed by atoms with Crippen LogP contribution >= 0.6 is 11.6 Å². The molecular formula is C48H64ClN7O4. The van der Waals surface area contributed by atoms with Crippen molar-refractivity contribution in [1.29, 1.82) is 5.26 Å². The molecule has 2 saturated heterocycles. The number of aryl methyl sites for hydroxylation is 1. The van der Waals surface area contributed by atoms with Crippen molar-refractivity contribution in [3.63, 3.8) is 0 Å². The van der Waals surface area contributed by atoms with Gasteiger partial charge in [-0.15, -0.1) is 0 Å². The van der Waals surface area contributed by atoms with Gasteiger partial charge >= 0.3 is 12.0 Å². The van der Waals surface area contributed by atoms with E-state index in [2.05, 4.69) is 59.4 Å². The molecule has 3 aromatic carbocycles. The lowest BCUT2D eigenvalue weighted by atomic mass is 10.0. The highest BCUT2D eigenvalue weighted by Crippen LogP contribution is 2.37. The number of rotatable bonds is 12. The number of amides is 1. The molecule has 7 rings (SSSR count). The summed E-state index contributed by atoms with van der Waals surface area (Å²) >= 11 is 6.74. The number of fused-ring (bicyclic) bond motifs is 2. The van der Waals surface area contributed by atoms with Crippen LogP contribution in [0.5, 0.6) is 6.01 Å². The van der Waals surface area contributed by atoms with Gasteiger partial charge in [0.1, 0.15) is 19.0 Å². The molecule has 0 bridgehead atoms. The number of anilines is 2. The zero-order chi connectivity index (χ0) is 43.4. The van der Waals surface area contributed by atoms with E-state index < -0.39 is 0 Å². The molecule has 1 atom stereocenters. The number of halogens is 1. The quantitative estimate of drug-likeness (QED) is 0.101. The first-order valence-corrected chi connectivity index (χ1v) is 21.9. The van der Waals surface area contributed by atoms with Crippen LogP contribution < -0.4 is 14.5 Å². The van der Waals surface area contributed by atoms with E-state index in [0.29, 0.717) is 58.4 Å². The lowest BCUT2D eigenvalue weighted by Crippen LogP contribution is -2.49. The summed E-state index contributed by atoms with van der Waals surface area (Å²) in [5.41, 5.74) is 5.34. The smallest absolute Gasteiger partial charge is 0.318 e. The summed E-state index contributed by atoms with van der Waals surface area (Å²) in [5.74, 6) is 0.685. The average molecular weight is 839 g/mol. The molecule has 0 saturated carbocycles. The zero-order valence-corrected chi connectivity index (χ0v) is 37.3. The molecule has 2 fully saturated rings. The number of ether oxygens (including phenoxy) is 2. The molecule has 0 radical (unpaired) electrons. The minimum Gasteiger partial charge on any atom is -0.462 e. The standard InChI is InChI=1S/C41H47ClN6O4.C3H8.C2H3N.C2H6/c1-3-37(49)46-21-23-47(24-22-46)40-33-17-20-48(36-15-6-12-31-11-5-14-34(42)39(31)36)26-35(33)43-41(44-40)52-28-32-13-7-18-45(32)19-8-16-38(50)51-27-30-10-4-9-29(2)25-30;1-3-2;1-2-3;1-2/h3-6,9-12,14-15,25,32H,1,7-8,13,16-24,26-28H2,2H3;3H2,1-2H3;1H3;1-2H3. The van der Waals surface area contributed by atoms with Crippen molar-refractivity contribution in [1.82, 2.24) is 19.8 Å². The molecule has 4 aromatic rings. The van der Waals surface area contributed by atoms with Crippen LogP contribution in [-0.4, -0.2) is 90.1 Å². The van der Waals surface area contributed by atoms with Crippen LogP contribution in [0.15, 0.2) is 73.3 Å². The number of hydrogen-bond donors (Lipinski definition) is 0. The predicted octanol–water partition coefficient (Wildman–Crippen LogP) is 9.33. The number of benzene rings is 3. The number of nitrogens with zero attached hydrogens (tertiary/aromatic N) is 7. The van der Waals surface area contributed by atoms with Crippen molar-refractivity contribution in [2.45, 2.75) is 99.3 Å². The first-order valence-electron chi connectivity index (χ1n) is 21.6. The Morgan fingerprint density at radius 1 is 0.983 bits per heavy atom. The second-order valence-corrected chi connectivity index (χ2v) is 15.3. The molecule has 12 heteroatoms. The molecule has 3 aliphatic rings. The van der Waals surface area contributed by atoms with Crippen LogP contribution in [0.1, 0.15) is 89.1 Å². The molecule has 1 aromatic heterocycles. The Morgan fingerprint density at radius 2 is 1.68 bits per heavy atom. The maximum Gasteiger partial charge on any atom is 0.318 e. The van der Waals surface area contributed by atoms with Crippen molar-refractivity contribution in [3.05, 3.63) is 101 Å². The highest BCUT2D eigenvalue weighted by atomic mass is 35.5. The van der Waals surface area contributed by atoms with Gasteiger partial charge in [-0.05, 0) is 74.9 Å². The second kappa shape index (κ2) is 24.8. The van der Waals surface area contributed by atoms with E-state index in [1.54, 1.807) is 6.07 Å². The Bertz CT molecular complexity index is 2040. The zero-order valence-electron chi connectivity index (χ0n) is 36.6. The summed E-state index contributed by atoms with van der Waals surface area (Å²) < 4.78 is 12.0. The average Bonchev–Trinajstić information content (AvgIpc) is 3.72. The normalized spacial score (nSPS) is 15.8. The first-order chi connectivity index (χ1) is 29.2. The summed E-state index contributed by atoms with van der Waals surface area (Å²) in [6, 6.07) is 22.7. The van der Waals surface area contributed by atoms with Crippen molar-refractivity contribution in [2.24, 2.45) is 0 Å². The van der Waals surface area contributed by atoms with E-state index in [4.69, 9.17) is 36.3 Å². The number of carbonyl (C=O) groups is 2. The van der Waals surface area contributed by atoms with Crippen molar-refractivity contribution in [2.75, 3.05) is 62.2 Å². The van der Waals surface area contributed by atoms with Gasteiger partial charge in [0.25, 0.3) is 0 Å². The maximum atomic E-state index is 12.5. The fourth-order valence-electron chi connectivity index (χ4n) is 7.74. The second-order valence-electron chi connectivity index (χ2n) is 14.9. The third-order valence-electron chi connectivity index (χ3n) is 10.5. The van der Waals surface area contributed by atoms with Crippen LogP contribution in [0.2, 0.25) is 5.02 Å². The molecule has 1 amide bonds. The Kier molecular flexibility index (Phi) is 19.6. The molecule has 60 heavy (non-hydrogen) atoms. The predicted molar refractivity (Wildman–Crippen MR) is 244 cm³/mol. The van der Waals surface area contributed by atoms with Crippen LogP contribution in [-0.2, 0) is 33.9 Å². The van der Waals surface area contributed by atoms with Gasteiger partial charge in [-0.25, -0.2) is 0 Å². The number of piperazine rings is 1. The minimum absolute atomic E-state index is 0.0435. The molecule has 0 aliphatic carbocycles. The van der Waals surface area contributed by atoms with E-state index in [1.807, 2.05) is 62.1 Å². The Balaban J connectivity index is 0.000000925. The molecule has 0 spiro atoms. The SMILES string of the molecule is C=CC(=O)N1CCN(c2nc(OCC3CCCN3CCCC(=O)OCc3cccc(C)c3)nc3c2CCN(c2cccc4cccc(Cl)c24)C3)CC1.CC.CC#N.CCC. The van der Waals surface area contributed by atoms with Gasteiger partial charge in [0.15, 0.2) is 0 Å². The molecule has 4 heterocycles. The largest absolute Gasteiger partial charge is 0.462 e. The van der Waals surface area contributed by atoms with Gasteiger partial charge in [-0.1, -0.05) is 106 Å². The monoisotopic (exact) mass is 837 g/mol.